The number of hydrogen-bond acceptors (Lipinski definition) is 6. The molecule has 2 N–H and O–H groups in total. The number of fused-ring (bicyclic) bond motifs is 1. The Hall–Kier alpha value is -4.01. The normalized spacial score (nSPS) is 11.3. The maximum absolute atomic E-state index is 12.2. The fraction of sp³-hybridized carbons (Fsp3) is 0.0556. The van der Waals surface area contributed by atoms with Crippen LogP contribution in [0.5, 0.6) is 0 Å². The highest BCUT2D eigenvalue weighted by Gasteiger charge is 2.12. The number of rotatable bonds is 4. The molecule has 9 nitrogen and oxygen atoms in total. The first-order valence-corrected chi connectivity index (χ1v) is 8.24. The molecule has 4 heterocycles. The van der Waals surface area contributed by atoms with Crippen LogP contribution in [-0.2, 0) is 6.54 Å². The molecule has 0 spiro atoms. The number of para-hydroxylation sites is 1. The van der Waals surface area contributed by atoms with Gasteiger partial charge in [-0.2, -0.15) is 5.10 Å². The van der Waals surface area contributed by atoms with Gasteiger partial charge in [0.2, 0.25) is 0 Å². The zero-order valence-corrected chi connectivity index (χ0v) is 14.0. The van der Waals surface area contributed by atoms with Crippen molar-refractivity contribution in [3.63, 3.8) is 0 Å². The predicted octanol–water partition coefficient (Wildman–Crippen LogP) is 2.21. The average Bonchev–Trinajstić information content (AvgIpc) is 3.42. The molecule has 0 fully saturated rings. The Morgan fingerprint density at radius 2 is 1.96 bits per heavy atom. The third-order valence-corrected chi connectivity index (χ3v) is 4.14. The summed E-state index contributed by atoms with van der Waals surface area (Å²) in [7, 11) is 0. The molecule has 0 amide bonds. The van der Waals surface area contributed by atoms with Crippen LogP contribution in [0.1, 0.15) is 5.82 Å². The van der Waals surface area contributed by atoms with Crippen LogP contribution in [0.25, 0.3) is 33.8 Å². The number of benzene rings is 1. The predicted molar refractivity (Wildman–Crippen MR) is 96.8 cm³/mol. The van der Waals surface area contributed by atoms with Crippen molar-refractivity contribution in [2.24, 2.45) is 0 Å². The second-order valence-corrected chi connectivity index (χ2v) is 5.97. The van der Waals surface area contributed by atoms with Crippen LogP contribution in [0.2, 0.25) is 0 Å². The molecule has 0 saturated heterocycles. The lowest BCUT2D eigenvalue weighted by atomic mass is 10.2. The Morgan fingerprint density at radius 1 is 1.07 bits per heavy atom. The van der Waals surface area contributed by atoms with Gasteiger partial charge in [0, 0.05) is 6.20 Å². The summed E-state index contributed by atoms with van der Waals surface area (Å²) in [6, 6.07) is 12.7. The van der Waals surface area contributed by atoms with Gasteiger partial charge in [-0.3, -0.25) is 9.89 Å². The molecular weight excluding hydrogens is 346 g/mol. The molecule has 0 aliphatic carbocycles. The fourth-order valence-electron chi connectivity index (χ4n) is 2.87. The molecule has 0 radical (unpaired) electrons. The molecule has 27 heavy (non-hydrogen) atoms. The van der Waals surface area contributed by atoms with Crippen LogP contribution in [0, 0.1) is 0 Å². The van der Waals surface area contributed by atoms with Crippen molar-refractivity contribution >= 4 is 10.9 Å². The lowest BCUT2D eigenvalue weighted by molar-refractivity contribution is 0.592. The summed E-state index contributed by atoms with van der Waals surface area (Å²) < 4.78 is 7.39. The summed E-state index contributed by atoms with van der Waals surface area (Å²) in [5.41, 5.74) is 1.84. The van der Waals surface area contributed by atoms with Crippen molar-refractivity contribution in [2.45, 2.75) is 6.54 Å². The SMILES string of the molecule is O=c1[nH]c(Cn2cc(-c3ccc(-c4ccn[nH]4)o3)nn2)nc2ccccc12. The number of H-pyrrole nitrogens is 2. The Balaban J connectivity index is 1.42. The lowest BCUT2D eigenvalue weighted by Crippen LogP contribution is -2.14. The van der Waals surface area contributed by atoms with E-state index in [2.05, 4.69) is 30.5 Å². The quantitative estimate of drug-likeness (QED) is 0.508. The van der Waals surface area contributed by atoms with Gasteiger partial charge in [0.1, 0.15) is 23.8 Å². The number of aromatic amines is 2. The van der Waals surface area contributed by atoms with E-state index in [9.17, 15) is 4.79 Å². The van der Waals surface area contributed by atoms with E-state index in [0.29, 0.717) is 40.5 Å². The fourth-order valence-corrected chi connectivity index (χ4v) is 2.87. The molecule has 0 bridgehead atoms. The van der Waals surface area contributed by atoms with Gasteiger partial charge in [-0.15, -0.1) is 5.10 Å². The van der Waals surface area contributed by atoms with Gasteiger partial charge < -0.3 is 9.40 Å². The van der Waals surface area contributed by atoms with Crippen LogP contribution in [0.15, 0.2) is 64.1 Å². The first-order chi connectivity index (χ1) is 13.3. The van der Waals surface area contributed by atoms with Gasteiger partial charge >= 0.3 is 0 Å². The number of nitrogens with zero attached hydrogens (tertiary/aromatic N) is 5. The van der Waals surface area contributed by atoms with E-state index in [0.717, 1.165) is 5.69 Å². The van der Waals surface area contributed by atoms with E-state index < -0.39 is 0 Å². The first-order valence-electron chi connectivity index (χ1n) is 8.24. The molecule has 0 aliphatic rings. The summed E-state index contributed by atoms with van der Waals surface area (Å²) in [6.07, 6.45) is 3.40. The van der Waals surface area contributed by atoms with Crippen LogP contribution in [0.3, 0.4) is 0 Å². The minimum atomic E-state index is -0.175. The highest BCUT2D eigenvalue weighted by Crippen LogP contribution is 2.25. The largest absolute Gasteiger partial charge is 0.453 e. The molecule has 0 saturated carbocycles. The van der Waals surface area contributed by atoms with E-state index in [1.165, 1.54) is 0 Å². The van der Waals surface area contributed by atoms with Crippen molar-refractivity contribution < 1.29 is 4.42 Å². The topological polar surface area (TPSA) is 118 Å². The van der Waals surface area contributed by atoms with Gasteiger partial charge in [0.05, 0.1) is 17.1 Å². The molecule has 132 valence electrons. The molecule has 0 aliphatic heterocycles. The molecule has 0 atom stereocenters. The van der Waals surface area contributed by atoms with Crippen molar-refractivity contribution in [1.29, 1.82) is 0 Å². The highest BCUT2D eigenvalue weighted by molar-refractivity contribution is 5.77. The molecular formula is C18H13N7O2. The average molecular weight is 359 g/mol. The third kappa shape index (κ3) is 2.80. The second kappa shape index (κ2) is 6.06. The first kappa shape index (κ1) is 15.3. The zero-order chi connectivity index (χ0) is 18.2. The Morgan fingerprint density at radius 3 is 2.85 bits per heavy atom. The van der Waals surface area contributed by atoms with E-state index in [1.807, 2.05) is 30.3 Å². The zero-order valence-electron chi connectivity index (χ0n) is 14.0. The maximum atomic E-state index is 12.2. The minimum Gasteiger partial charge on any atom is -0.453 e. The molecule has 9 heteroatoms. The number of furan rings is 1. The van der Waals surface area contributed by atoms with Crippen molar-refractivity contribution in [2.75, 3.05) is 0 Å². The van der Waals surface area contributed by atoms with E-state index in [4.69, 9.17) is 4.42 Å². The van der Waals surface area contributed by atoms with Crippen molar-refractivity contribution in [3.8, 4) is 22.9 Å². The van der Waals surface area contributed by atoms with Crippen molar-refractivity contribution in [1.82, 2.24) is 35.2 Å². The summed E-state index contributed by atoms with van der Waals surface area (Å²) >= 11 is 0. The molecule has 4 aromatic heterocycles. The Bertz CT molecular complexity index is 1280. The summed E-state index contributed by atoms with van der Waals surface area (Å²) in [5, 5.41) is 15.5. The Labute approximate surface area is 151 Å². The third-order valence-electron chi connectivity index (χ3n) is 4.14. The summed E-state index contributed by atoms with van der Waals surface area (Å²) in [4.78, 5) is 19.4. The van der Waals surface area contributed by atoms with Crippen LogP contribution in [-0.4, -0.2) is 35.2 Å². The van der Waals surface area contributed by atoms with E-state index >= 15 is 0 Å². The van der Waals surface area contributed by atoms with Crippen LogP contribution < -0.4 is 5.56 Å². The lowest BCUT2D eigenvalue weighted by Gasteiger charge is -2.02. The number of hydrogen-bond donors (Lipinski definition) is 2. The monoisotopic (exact) mass is 359 g/mol. The molecule has 5 rings (SSSR count). The summed E-state index contributed by atoms with van der Waals surface area (Å²) in [6.45, 7) is 0.293. The van der Waals surface area contributed by atoms with Gasteiger partial charge in [-0.1, -0.05) is 17.3 Å². The van der Waals surface area contributed by atoms with E-state index in [1.54, 1.807) is 29.2 Å². The summed E-state index contributed by atoms with van der Waals surface area (Å²) in [5.74, 6) is 1.76. The van der Waals surface area contributed by atoms with Gasteiger partial charge in [-0.25, -0.2) is 9.67 Å². The van der Waals surface area contributed by atoms with Gasteiger partial charge in [0.25, 0.3) is 5.56 Å². The number of aromatic nitrogens is 7. The maximum Gasteiger partial charge on any atom is 0.258 e. The van der Waals surface area contributed by atoms with E-state index in [-0.39, 0.29) is 5.56 Å². The van der Waals surface area contributed by atoms with Crippen LogP contribution >= 0.6 is 0 Å². The minimum absolute atomic E-state index is 0.175. The Kier molecular flexibility index (Phi) is 3.42. The molecule has 5 aromatic rings. The van der Waals surface area contributed by atoms with Gasteiger partial charge in [0.15, 0.2) is 11.5 Å². The smallest absolute Gasteiger partial charge is 0.258 e. The molecule has 0 unspecified atom stereocenters. The second-order valence-electron chi connectivity index (χ2n) is 5.97. The van der Waals surface area contributed by atoms with Crippen LogP contribution in [0.4, 0.5) is 0 Å². The standard InChI is InChI=1S/C18H13N7O2/c26-18-11-3-1-2-4-12(11)20-17(21-18)10-25-9-14(23-24-25)16-6-5-15(27-16)13-7-8-19-22-13/h1-9H,10H2,(H,19,22)(H,20,21,26). The van der Waals surface area contributed by atoms with Crippen molar-refractivity contribution in [3.05, 3.63) is 71.0 Å². The highest BCUT2D eigenvalue weighted by atomic mass is 16.3. The van der Waals surface area contributed by atoms with Gasteiger partial charge in [-0.05, 0) is 30.3 Å². The molecule has 1 aromatic carbocycles. The number of nitrogens with one attached hydrogen (secondary N) is 2.